The summed E-state index contributed by atoms with van der Waals surface area (Å²) in [5.41, 5.74) is 0.567. The molecule has 7 heteroatoms. The summed E-state index contributed by atoms with van der Waals surface area (Å²) >= 11 is 6.11. The number of rotatable bonds is 4. The van der Waals surface area contributed by atoms with E-state index in [1.165, 1.54) is 0 Å². The first kappa shape index (κ1) is 20.3. The molecule has 1 unspecified atom stereocenters. The summed E-state index contributed by atoms with van der Waals surface area (Å²) in [6, 6.07) is 5.74. The van der Waals surface area contributed by atoms with Gasteiger partial charge < -0.3 is 15.0 Å². The average molecular weight is 388 g/mol. The number of nitrogens with one attached hydrogen (secondary N) is 1. The summed E-state index contributed by atoms with van der Waals surface area (Å²) in [7, 11) is 0. The van der Waals surface area contributed by atoms with Crippen LogP contribution in [0.15, 0.2) is 18.2 Å². The number of likely N-dealkylation sites (tertiary alicyclic amines) is 1. The van der Waals surface area contributed by atoms with Gasteiger partial charge in [-0.25, -0.2) is 0 Å². The molecule has 25 heavy (non-hydrogen) atoms. The average Bonchev–Trinajstić information content (AvgIpc) is 3.06. The lowest BCUT2D eigenvalue weighted by Crippen LogP contribution is -2.49. The van der Waals surface area contributed by atoms with Crippen molar-refractivity contribution in [3.63, 3.8) is 0 Å². The molecule has 0 bridgehead atoms. The van der Waals surface area contributed by atoms with E-state index in [0.717, 1.165) is 45.7 Å². The maximum absolute atomic E-state index is 13.0. The topological polar surface area (TPSA) is 44.8 Å². The highest BCUT2D eigenvalue weighted by molar-refractivity contribution is 6.31. The second-order valence-electron chi connectivity index (χ2n) is 6.79. The van der Waals surface area contributed by atoms with E-state index in [2.05, 4.69) is 10.2 Å². The van der Waals surface area contributed by atoms with Crippen molar-refractivity contribution < 1.29 is 9.53 Å². The number of amides is 1. The van der Waals surface area contributed by atoms with Crippen LogP contribution < -0.4 is 10.1 Å². The Kier molecular flexibility index (Phi) is 7.37. The summed E-state index contributed by atoms with van der Waals surface area (Å²) < 4.78 is 5.80. The van der Waals surface area contributed by atoms with E-state index in [1.54, 1.807) is 18.2 Å². The lowest BCUT2D eigenvalue weighted by molar-refractivity contribution is 0.0767. The molecule has 1 aromatic carbocycles. The Morgan fingerprint density at radius 2 is 2.00 bits per heavy atom. The van der Waals surface area contributed by atoms with Crippen LogP contribution in [0.25, 0.3) is 0 Å². The molecule has 2 aliphatic rings. The normalized spacial score (nSPS) is 21.3. The largest absolute Gasteiger partial charge is 0.490 e. The molecule has 1 N–H and O–H groups in total. The molecule has 5 nitrogen and oxygen atoms in total. The summed E-state index contributed by atoms with van der Waals surface area (Å²) in [6.07, 6.45) is 1.05. The van der Waals surface area contributed by atoms with Crippen LogP contribution in [0, 0.1) is 0 Å². The molecule has 3 rings (SSSR count). The lowest BCUT2D eigenvalue weighted by atomic mass is 10.1. The number of ether oxygens (including phenoxy) is 1. The van der Waals surface area contributed by atoms with Crippen LogP contribution in [0.2, 0.25) is 5.02 Å². The third kappa shape index (κ3) is 5.00. The molecule has 0 aromatic heterocycles. The number of hydrogen-bond acceptors (Lipinski definition) is 4. The zero-order valence-electron chi connectivity index (χ0n) is 14.8. The molecule has 0 spiro atoms. The Balaban J connectivity index is 0.00000225. The minimum Gasteiger partial charge on any atom is -0.490 e. The highest BCUT2D eigenvalue weighted by atomic mass is 35.5. The van der Waals surface area contributed by atoms with Gasteiger partial charge in [0.15, 0.2) is 0 Å². The lowest BCUT2D eigenvalue weighted by Gasteiger charge is -2.32. The van der Waals surface area contributed by atoms with Crippen molar-refractivity contribution in [1.29, 1.82) is 0 Å². The minimum absolute atomic E-state index is 0. The van der Waals surface area contributed by atoms with E-state index in [4.69, 9.17) is 16.3 Å². The number of carbonyl (C=O) groups is 1. The molecule has 0 radical (unpaired) electrons. The molecule has 1 atom stereocenters. The van der Waals surface area contributed by atoms with Crippen LogP contribution in [0.1, 0.15) is 30.6 Å². The van der Waals surface area contributed by atoms with E-state index in [1.807, 2.05) is 18.7 Å². The van der Waals surface area contributed by atoms with Gasteiger partial charge in [-0.1, -0.05) is 11.6 Å². The highest BCUT2D eigenvalue weighted by Gasteiger charge is 2.32. The summed E-state index contributed by atoms with van der Waals surface area (Å²) in [4.78, 5) is 17.4. The fourth-order valence-corrected chi connectivity index (χ4v) is 3.64. The predicted octanol–water partition coefficient (Wildman–Crippen LogP) is 2.67. The van der Waals surface area contributed by atoms with E-state index in [-0.39, 0.29) is 24.4 Å². The van der Waals surface area contributed by atoms with Gasteiger partial charge in [-0.2, -0.15) is 0 Å². The van der Waals surface area contributed by atoms with Crippen LogP contribution in [-0.2, 0) is 0 Å². The Bertz CT molecular complexity index is 592. The molecule has 1 amide bonds. The molecule has 0 saturated carbocycles. The highest BCUT2D eigenvalue weighted by Crippen LogP contribution is 2.27. The van der Waals surface area contributed by atoms with Gasteiger partial charge in [0.05, 0.1) is 11.7 Å². The van der Waals surface area contributed by atoms with Gasteiger partial charge >= 0.3 is 0 Å². The van der Waals surface area contributed by atoms with Crippen molar-refractivity contribution >= 4 is 29.9 Å². The number of carbonyl (C=O) groups excluding carboxylic acids is 1. The SMILES string of the molecule is CC(C)Oc1ccc(Cl)cc1C(=O)N1CCC(N2CCNCC2)C1.Cl. The van der Waals surface area contributed by atoms with E-state index in [9.17, 15) is 4.79 Å². The third-order valence-corrected chi connectivity index (χ3v) is 4.89. The molecule has 140 valence electrons. The third-order valence-electron chi connectivity index (χ3n) is 4.65. The van der Waals surface area contributed by atoms with Crippen LogP contribution in [0.4, 0.5) is 0 Å². The molecular weight excluding hydrogens is 361 g/mol. The van der Waals surface area contributed by atoms with Crippen LogP contribution in [0.5, 0.6) is 5.75 Å². The second kappa shape index (κ2) is 9.08. The first-order chi connectivity index (χ1) is 11.5. The van der Waals surface area contributed by atoms with Crippen molar-refractivity contribution in [2.45, 2.75) is 32.4 Å². The van der Waals surface area contributed by atoms with E-state index in [0.29, 0.717) is 22.4 Å². The van der Waals surface area contributed by atoms with Crippen LogP contribution in [-0.4, -0.2) is 67.1 Å². The Morgan fingerprint density at radius 1 is 1.28 bits per heavy atom. The summed E-state index contributed by atoms with van der Waals surface area (Å²) in [5, 5.41) is 3.94. The Labute approximate surface area is 161 Å². The fraction of sp³-hybridized carbons (Fsp3) is 0.611. The first-order valence-corrected chi connectivity index (χ1v) is 9.12. The van der Waals surface area contributed by atoms with Gasteiger partial charge in [0.2, 0.25) is 0 Å². The van der Waals surface area contributed by atoms with Crippen molar-refractivity contribution in [2.75, 3.05) is 39.3 Å². The van der Waals surface area contributed by atoms with Gasteiger partial charge in [-0.05, 0) is 38.5 Å². The van der Waals surface area contributed by atoms with Crippen molar-refractivity contribution in [3.8, 4) is 5.75 Å². The molecule has 2 fully saturated rings. The van der Waals surface area contributed by atoms with Gasteiger partial charge in [-0.15, -0.1) is 12.4 Å². The number of nitrogens with zero attached hydrogens (tertiary/aromatic N) is 2. The maximum atomic E-state index is 13.0. The molecule has 2 heterocycles. The van der Waals surface area contributed by atoms with Crippen molar-refractivity contribution in [1.82, 2.24) is 15.1 Å². The monoisotopic (exact) mass is 387 g/mol. The number of halogens is 2. The standard InChI is InChI=1S/C18H26ClN3O2.ClH/c1-13(2)24-17-4-3-14(19)11-16(17)18(23)22-8-5-15(12-22)21-9-6-20-7-10-21;/h3-4,11,13,15,20H,5-10,12H2,1-2H3;1H. The molecule has 0 aliphatic carbocycles. The van der Waals surface area contributed by atoms with Crippen LogP contribution >= 0.6 is 24.0 Å². The quantitative estimate of drug-likeness (QED) is 0.862. The minimum atomic E-state index is 0. The molecule has 1 aromatic rings. The zero-order valence-corrected chi connectivity index (χ0v) is 16.4. The number of hydrogen-bond donors (Lipinski definition) is 1. The zero-order chi connectivity index (χ0) is 17.1. The number of benzene rings is 1. The fourth-order valence-electron chi connectivity index (χ4n) is 3.47. The van der Waals surface area contributed by atoms with Gasteiger partial charge in [0, 0.05) is 50.3 Å². The van der Waals surface area contributed by atoms with Gasteiger partial charge in [0.25, 0.3) is 5.91 Å². The predicted molar refractivity (Wildman–Crippen MR) is 103 cm³/mol. The van der Waals surface area contributed by atoms with Gasteiger partial charge in [-0.3, -0.25) is 9.69 Å². The Hall–Kier alpha value is -1.01. The second-order valence-corrected chi connectivity index (χ2v) is 7.22. The first-order valence-electron chi connectivity index (χ1n) is 8.75. The molecule has 2 saturated heterocycles. The van der Waals surface area contributed by atoms with Crippen LogP contribution in [0.3, 0.4) is 0 Å². The Morgan fingerprint density at radius 3 is 2.68 bits per heavy atom. The maximum Gasteiger partial charge on any atom is 0.257 e. The number of piperazine rings is 1. The van der Waals surface area contributed by atoms with E-state index < -0.39 is 0 Å². The van der Waals surface area contributed by atoms with Gasteiger partial charge in [0.1, 0.15) is 5.75 Å². The molecular formula is C18H27Cl2N3O2. The summed E-state index contributed by atoms with van der Waals surface area (Å²) in [6.45, 7) is 9.68. The molecule has 2 aliphatic heterocycles. The van der Waals surface area contributed by atoms with E-state index >= 15 is 0 Å². The van der Waals surface area contributed by atoms with Crippen molar-refractivity contribution in [2.24, 2.45) is 0 Å². The summed E-state index contributed by atoms with van der Waals surface area (Å²) in [5.74, 6) is 0.635. The van der Waals surface area contributed by atoms with Crippen molar-refractivity contribution in [3.05, 3.63) is 28.8 Å². The smallest absolute Gasteiger partial charge is 0.257 e.